The van der Waals surface area contributed by atoms with Crippen LogP contribution in [0.25, 0.3) is 0 Å². The van der Waals surface area contributed by atoms with Gasteiger partial charge in [-0.25, -0.2) is 14.4 Å². The Morgan fingerprint density at radius 3 is 2.88 bits per heavy atom. The molecule has 0 saturated carbocycles. The first-order valence-corrected chi connectivity index (χ1v) is 8.67. The average Bonchev–Trinajstić information content (AvgIpc) is 3.14. The minimum atomic E-state index is -0.337. The van der Waals surface area contributed by atoms with E-state index in [0.29, 0.717) is 18.2 Å². The van der Waals surface area contributed by atoms with Gasteiger partial charge >= 0.3 is 0 Å². The molecule has 1 fully saturated rings. The highest BCUT2D eigenvalue weighted by atomic mass is 19.1. The molecular weight excluding hydrogens is 319 g/mol. The van der Waals surface area contributed by atoms with Crippen LogP contribution < -0.4 is 10.1 Å². The Labute approximate surface area is 147 Å². The van der Waals surface area contributed by atoms with Crippen LogP contribution in [-0.2, 0) is 6.54 Å². The van der Waals surface area contributed by atoms with Gasteiger partial charge in [0.05, 0.1) is 6.54 Å². The van der Waals surface area contributed by atoms with Crippen LogP contribution in [0.1, 0.15) is 25.3 Å². The molecule has 1 saturated heterocycles. The maximum absolute atomic E-state index is 13.3. The minimum absolute atomic E-state index is 0.337. The molecule has 3 rings (SSSR count). The van der Waals surface area contributed by atoms with E-state index >= 15 is 0 Å². The van der Waals surface area contributed by atoms with Crippen molar-refractivity contribution in [2.75, 3.05) is 19.6 Å². The highest BCUT2D eigenvalue weighted by Crippen LogP contribution is 2.24. The van der Waals surface area contributed by atoms with Crippen LogP contribution in [0.5, 0.6) is 11.6 Å². The zero-order valence-electron chi connectivity index (χ0n) is 14.4. The first-order chi connectivity index (χ1) is 12.3. The Bertz CT molecular complexity index is 729. The zero-order chi connectivity index (χ0) is 17.5. The van der Waals surface area contributed by atoms with Crippen molar-refractivity contribution in [3.05, 3.63) is 54.0 Å². The van der Waals surface area contributed by atoms with Gasteiger partial charge in [0.25, 0.3) is 0 Å². The summed E-state index contributed by atoms with van der Waals surface area (Å²) >= 11 is 0. The molecule has 2 aromatic rings. The number of nitrogens with one attached hydrogen (secondary N) is 1. The third kappa shape index (κ3) is 4.68. The molecule has 25 heavy (non-hydrogen) atoms. The van der Waals surface area contributed by atoms with Gasteiger partial charge in [0.2, 0.25) is 5.88 Å². The summed E-state index contributed by atoms with van der Waals surface area (Å²) < 4.78 is 19.1. The maximum atomic E-state index is 13.3. The largest absolute Gasteiger partial charge is 0.439 e. The lowest BCUT2D eigenvalue weighted by Crippen LogP contribution is -2.39. The minimum Gasteiger partial charge on any atom is -0.439 e. The van der Waals surface area contributed by atoms with Crippen molar-refractivity contribution >= 4 is 5.96 Å². The van der Waals surface area contributed by atoms with E-state index < -0.39 is 0 Å². The van der Waals surface area contributed by atoms with Gasteiger partial charge in [-0.1, -0.05) is 12.1 Å². The number of guanidine groups is 1. The van der Waals surface area contributed by atoms with Crippen LogP contribution in [0.4, 0.5) is 4.39 Å². The van der Waals surface area contributed by atoms with Gasteiger partial charge in [0.1, 0.15) is 11.6 Å². The summed E-state index contributed by atoms with van der Waals surface area (Å²) in [6.45, 7) is 5.41. The number of rotatable bonds is 5. The van der Waals surface area contributed by atoms with Gasteiger partial charge in [-0.2, -0.15) is 0 Å². The summed E-state index contributed by atoms with van der Waals surface area (Å²) in [5, 5.41) is 3.34. The quantitative estimate of drug-likeness (QED) is 0.667. The highest BCUT2D eigenvalue weighted by Gasteiger charge is 2.16. The summed E-state index contributed by atoms with van der Waals surface area (Å²) in [7, 11) is 0. The third-order valence-corrected chi connectivity index (χ3v) is 4.00. The molecular formula is C19H23FN4O. The molecule has 1 aliphatic heterocycles. The van der Waals surface area contributed by atoms with E-state index in [2.05, 4.69) is 22.1 Å². The van der Waals surface area contributed by atoms with Crippen molar-refractivity contribution in [3.63, 3.8) is 0 Å². The summed E-state index contributed by atoms with van der Waals surface area (Å²) in [6.07, 6.45) is 4.06. The second kappa shape index (κ2) is 8.46. The monoisotopic (exact) mass is 342 g/mol. The van der Waals surface area contributed by atoms with Gasteiger partial charge in [-0.05, 0) is 38.0 Å². The maximum Gasteiger partial charge on any atom is 0.224 e. The van der Waals surface area contributed by atoms with Gasteiger partial charge in [0.15, 0.2) is 5.96 Å². The van der Waals surface area contributed by atoms with Gasteiger partial charge in [-0.3, -0.25) is 0 Å². The molecule has 1 aromatic heterocycles. The number of aromatic nitrogens is 1. The number of hydrogen-bond donors (Lipinski definition) is 1. The van der Waals surface area contributed by atoms with Crippen molar-refractivity contribution in [1.82, 2.24) is 15.2 Å². The number of aliphatic imine (C=N–C) groups is 1. The predicted molar refractivity (Wildman–Crippen MR) is 96.3 cm³/mol. The molecule has 0 radical (unpaired) electrons. The molecule has 0 unspecified atom stereocenters. The molecule has 0 atom stereocenters. The zero-order valence-corrected chi connectivity index (χ0v) is 14.4. The predicted octanol–water partition coefficient (Wildman–Crippen LogP) is 3.57. The summed E-state index contributed by atoms with van der Waals surface area (Å²) in [5.74, 6) is 1.46. The molecule has 0 bridgehead atoms. The van der Waals surface area contributed by atoms with Crippen LogP contribution in [0, 0.1) is 5.82 Å². The average molecular weight is 342 g/mol. The van der Waals surface area contributed by atoms with Crippen LogP contribution >= 0.6 is 0 Å². The number of hydrogen-bond acceptors (Lipinski definition) is 3. The van der Waals surface area contributed by atoms with Gasteiger partial charge in [-0.15, -0.1) is 0 Å². The Hall–Kier alpha value is -2.63. The number of nitrogens with zero attached hydrogens (tertiary/aromatic N) is 3. The number of halogens is 1. The molecule has 0 amide bonds. The SMILES string of the molecule is CCNC(=NCc1cccnc1Oc1cccc(F)c1)N1CCCC1. The summed E-state index contributed by atoms with van der Waals surface area (Å²) in [4.78, 5) is 11.3. The number of benzene rings is 1. The lowest BCUT2D eigenvalue weighted by molar-refractivity contribution is 0.451. The van der Waals surface area contributed by atoms with E-state index in [1.165, 1.54) is 25.0 Å². The van der Waals surface area contributed by atoms with E-state index in [4.69, 9.17) is 9.73 Å². The highest BCUT2D eigenvalue weighted by molar-refractivity contribution is 5.80. The molecule has 2 heterocycles. The number of ether oxygens (including phenoxy) is 1. The molecule has 0 aliphatic carbocycles. The van der Waals surface area contributed by atoms with E-state index in [9.17, 15) is 4.39 Å². The molecule has 5 nitrogen and oxygen atoms in total. The normalized spacial score (nSPS) is 14.6. The molecule has 1 aromatic carbocycles. The van der Waals surface area contributed by atoms with Gasteiger partial charge in [0, 0.05) is 37.5 Å². The Morgan fingerprint density at radius 1 is 1.28 bits per heavy atom. The summed E-state index contributed by atoms with van der Waals surface area (Å²) in [6, 6.07) is 9.83. The molecule has 1 N–H and O–H groups in total. The van der Waals surface area contributed by atoms with Crippen molar-refractivity contribution < 1.29 is 9.13 Å². The Balaban J connectivity index is 1.76. The first-order valence-electron chi connectivity index (χ1n) is 8.67. The fraction of sp³-hybridized carbons (Fsp3) is 0.368. The summed E-state index contributed by atoms with van der Waals surface area (Å²) in [5.41, 5.74) is 0.862. The lowest BCUT2D eigenvalue weighted by Gasteiger charge is -2.20. The topological polar surface area (TPSA) is 49.8 Å². The van der Waals surface area contributed by atoms with Crippen molar-refractivity contribution in [3.8, 4) is 11.6 Å². The van der Waals surface area contributed by atoms with Crippen molar-refractivity contribution in [1.29, 1.82) is 0 Å². The lowest BCUT2D eigenvalue weighted by atomic mass is 10.2. The van der Waals surface area contributed by atoms with E-state index in [-0.39, 0.29) is 5.82 Å². The molecule has 132 valence electrons. The number of likely N-dealkylation sites (tertiary alicyclic amines) is 1. The second-order valence-corrected chi connectivity index (χ2v) is 5.89. The van der Waals surface area contributed by atoms with Crippen LogP contribution in [0.3, 0.4) is 0 Å². The standard InChI is InChI=1S/C19H23FN4O/c1-2-21-19(24-11-3-4-12-24)23-14-15-7-6-10-22-18(15)25-17-9-5-8-16(20)13-17/h5-10,13H,2-4,11-12,14H2,1H3,(H,21,23). The van der Waals surface area contributed by atoms with E-state index in [0.717, 1.165) is 31.2 Å². The van der Waals surface area contributed by atoms with Crippen LogP contribution in [0.15, 0.2) is 47.6 Å². The van der Waals surface area contributed by atoms with Crippen molar-refractivity contribution in [2.24, 2.45) is 4.99 Å². The fourth-order valence-corrected chi connectivity index (χ4v) is 2.79. The second-order valence-electron chi connectivity index (χ2n) is 5.89. The molecule has 1 aliphatic rings. The van der Waals surface area contributed by atoms with E-state index in [1.54, 1.807) is 18.3 Å². The van der Waals surface area contributed by atoms with Crippen LogP contribution in [0.2, 0.25) is 0 Å². The third-order valence-electron chi connectivity index (χ3n) is 4.00. The number of pyridine rings is 1. The van der Waals surface area contributed by atoms with Crippen LogP contribution in [-0.4, -0.2) is 35.5 Å². The Morgan fingerprint density at radius 2 is 2.12 bits per heavy atom. The fourth-order valence-electron chi connectivity index (χ4n) is 2.79. The molecule has 0 spiro atoms. The van der Waals surface area contributed by atoms with E-state index in [1.807, 2.05) is 12.1 Å². The van der Waals surface area contributed by atoms with Gasteiger partial charge < -0.3 is 15.0 Å². The smallest absolute Gasteiger partial charge is 0.224 e. The molecule has 6 heteroatoms. The first kappa shape index (κ1) is 17.2. The Kier molecular flexibility index (Phi) is 5.82. The van der Waals surface area contributed by atoms with Crippen molar-refractivity contribution in [2.45, 2.75) is 26.3 Å².